The van der Waals surface area contributed by atoms with Gasteiger partial charge in [0.05, 0.1) is 0 Å². The van der Waals surface area contributed by atoms with E-state index in [1.807, 2.05) is 0 Å². The lowest BCUT2D eigenvalue weighted by Gasteiger charge is -2.12. The average molecular weight is 258 g/mol. The molecular weight excluding hydrogens is 245 g/mol. The summed E-state index contributed by atoms with van der Waals surface area (Å²) in [6, 6.07) is 5.20. The number of rotatable bonds is 2. The summed E-state index contributed by atoms with van der Waals surface area (Å²) < 4.78 is 0. The van der Waals surface area contributed by atoms with Crippen molar-refractivity contribution in [1.29, 1.82) is 0 Å². The molecule has 0 spiro atoms. The first-order chi connectivity index (χ1) is 7.65. The Kier molecular flexibility index (Phi) is 3.72. The molecule has 1 aromatic rings. The Bertz CT molecular complexity index is 380. The van der Waals surface area contributed by atoms with Gasteiger partial charge in [0, 0.05) is 21.7 Å². The molecule has 1 aromatic carbocycles. The number of carbonyl (C=O) groups is 1. The van der Waals surface area contributed by atoms with Crippen LogP contribution >= 0.6 is 23.2 Å². The predicted octanol–water partition coefficient (Wildman–Crippen LogP) is 3.67. The maximum Gasteiger partial charge on any atom is 0.251 e. The van der Waals surface area contributed by atoms with Gasteiger partial charge >= 0.3 is 0 Å². The summed E-state index contributed by atoms with van der Waals surface area (Å²) in [6.07, 6.45) is 4.53. The van der Waals surface area contributed by atoms with Gasteiger partial charge in [-0.3, -0.25) is 4.79 Å². The van der Waals surface area contributed by atoms with Gasteiger partial charge in [-0.05, 0) is 31.0 Å². The summed E-state index contributed by atoms with van der Waals surface area (Å²) in [5.41, 5.74) is 0.532. The highest BCUT2D eigenvalue weighted by molar-refractivity contribution is 6.35. The van der Waals surface area contributed by atoms with Crippen molar-refractivity contribution in [3.05, 3.63) is 33.8 Å². The standard InChI is InChI=1S/C12H13Cl2NO/c13-9-5-8(6-10(14)7-9)12(16)15-11-3-1-2-4-11/h5-7,11H,1-4H2,(H,15,16). The first kappa shape index (κ1) is 11.7. The normalized spacial score (nSPS) is 16.4. The second kappa shape index (κ2) is 5.07. The zero-order valence-corrected chi connectivity index (χ0v) is 10.3. The number of amides is 1. The number of nitrogens with one attached hydrogen (secondary N) is 1. The van der Waals surface area contributed by atoms with E-state index in [2.05, 4.69) is 5.32 Å². The molecule has 0 radical (unpaired) electrons. The summed E-state index contributed by atoms with van der Waals surface area (Å²) in [5, 5.41) is 3.97. The third kappa shape index (κ3) is 2.89. The number of hydrogen-bond acceptors (Lipinski definition) is 1. The van der Waals surface area contributed by atoms with Crippen LogP contribution in [0.5, 0.6) is 0 Å². The Balaban J connectivity index is 2.07. The van der Waals surface area contributed by atoms with E-state index < -0.39 is 0 Å². The quantitative estimate of drug-likeness (QED) is 0.861. The van der Waals surface area contributed by atoms with E-state index in [0.717, 1.165) is 12.8 Å². The van der Waals surface area contributed by atoms with Gasteiger partial charge in [0.2, 0.25) is 0 Å². The first-order valence-electron chi connectivity index (χ1n) is 5.42. The molecule has 1 N–H and O–H groups in total. The molecule has 1 fully saturated rings. The molecule has 0 unspecified atom stereocenters. The van der Waals surface area contributed by atoms with Crippen molar-refractivity contribution in [2.75, 3.05) is 0 Å². The molecule has 1 aliphatic rings. The third-order valence-corrected chi connectivity index (χ3v) is 3.25. The van der Waals surface area contributed by atoms with Gasteiger partial charge < -0.3 is 5.32 Å². The fourth-order valence-corrected chi connectivity index (χ4v) is 2.55. The molecule has 1 saturated carbocycles. The van der Waals surface area contributed by atoms with Crippen LogP contribution in [0.3, 0.4) is 0 Å². The van der Waals surface area contributed by atoms with Crippen LogP contribution in [0.25, 0.3) is 0 Å². The number of hydrogen-bond donors (Lipinski definition) is 1. The zero-order chi connectivity index (χ0) is 11.5. The highest BCUT2D eigenvalue weighted by Crippen LogP contribution is 2.21. The van der Waals surface area contributed by atoms with Crippen LogP contribution in [0.2, 0.25) is 10.0 Å². The lowest BCUT2D eigenvalue weighted by Crippen LogP contribution is -2.32. The minimum atomic E-state index is -0.0868. The highest BCUT2D eigenvalue weighted by atomic mass is 35.5. The minimum absolute atomic E-state index is 0.0868. The van der Waals surface area contributed by atoms with Crippen molar-refractivity contribution < 1.29 is 4.79 Å². The van der Waals surface area contributed by atoms with Crippen molar-refractivity contribution in [2.45, 2.75) is 31.7 Å². The van der Waals surface area contributed by atoms with E-state index >= 15 is 0 Å². The molecule has 2 nitrogen and oxygen atoms in total. The summed E-state index contributed by atoms with van der Waals surface area (Å²) in [4.78, 5) is 11.9. The average Bonchev–Trinajstić information content (AvgIpc) is 2.68. The van der Waals surface area contributed by atoms with E-state index in [1.54, 1.807) is 18.2 Å². The van der Waals surface area contributed by atoms with Gasteiger partial charge in [-0.15, -0.1) is 0 Å². The van der Waals surface area contributed by atoms with Crippen molar-refractivity contribution in [1.82, 2.24) is 5.32 Å². The Labute approximate surface area is 105 Å². The fraction of sp³-hybridized carbons (Fsp3) is 0.417. The minimum Gasteiger partial charge on any atom is -0.349 e. The Morgan fingerprint density at radius 3 is 2.25 bits per heavy atom. The van der Waals surface area contributed by atoms with Crippen molar-refractivity contribution in [3.63, 3.8) is 0 Å². The molecular formula is C12H13Cl2NO. The van der Waals surface area contributed by atoms with Crippen LogP contribution in [0.4, 0.5) is 0 Å². The third-order valence-electron chi connectivity index (χ3n) is 2.82. The topological polar surface area (TPSA) is 29.1 Å². The second-order valence-corrected chi connectivity index (χ2v) is 4.99. The Morgan fingerprint density at radius 1 is 1.12 bits per heavy atom. The van der Waals surface area contributed by atoms with Crippen molar-refractivity contribution in [2.24, 2.45) is 0 Å². The molecule has 0 aliphatic heterocycles. The van der Waals surface area contributed by atoms with Crippen molar-refractivity contribution >= 4 is 29.1 Å². The summed E-state index contributed by atoms with van der Waals surface area (Å²) in [5.74, 6) is -0.0868. The van der Waals surface area contributed by atoms with Gasteiger partial charge in [0.15, 0.2) is 0 Å². The maximum absolute atomic E-state index is 11.9. The molecule has 1 aliphatic carbocycles. The zero-order valence-electron chi connectivity index (χ0n) is 8.80. The van der Waals surface area contributed by atoms with Crippen LogP contribution in [0.15, 0.2) is 18.2 Å². The fourth-order valence-electron chi connectivity index (χ4n) is 2.02. The van der Waals surface area contributed by atoms with E-state index in [9.17, 15) is 4.79 Å². The van der Waals surface area contributed by atoms with Gasteiger partial charge in [-0.2, -0.15) is 0 Å². The van der Waals surface area contributed by atoms with Gasteiger partial charge in [0.25, 0.3) is 5.91 Å². The molecule has 1 amide bonds. The summed E-state index contributed by atoms with van der Waals surface area (Å²) >= 11 is 11.7. The van der Waals surface area contributed by atoms with E-state index in [-0.39, 0.29) is 5.91 Å². The van der Waals surface area contributed by atoms with Crippen LogP contribution < -0.4 is 5.32 Å². The highest BCUT2D eigenvalue weighted by Gasteiger charge is 2.18. The van der Waals surface area contributed by atoms with Crippen LogP contribution in [-0.4, -0.2) is 11.9 Å². The lowest BCUT2D eigenvalue weighted by atomic mass is 10.2. The van der Waals surface area contributed by atoms with E-state index in [0.29, 0.717) is 21.7 Å². The molecule has 86 valence electrons. The van der Waals surface area contributed by atoms with Crippen LogP contribution in [-0.2, 0) is 0 Å². The lowest BCUT2D eigenvalue weighted by molar-refractivity contribution is 0.0938. The predicted molar refractivity (Wildman–Crippen MR) is 66.2 cm³/mol. The van der Waals surface area contributed by atoms with E-state index in [4.69, 9.17) is 23.2 Å². The number of carbonyl (C=O) groups excluding carboxylic acids is 1. The molecule has 0 atom stereocenters. The van der Waals surface area contributed by atoms with Gasteiger partial charge in [0.1, 0.15) is 0 Å². The van der Waals surface area contributed by atoms with E-state index in [1.165, 1.54) is 12.8 Å². The molecule has 4 heteroatoms. The van der Waals surface area contributed by atoms with Crippen LogP contribution in [0, 0.1) is 0 Å². The SMILES string of the molecule is O=C(NC1CCCC1)c1cc(Cl)cc(Cl)c1. The number of halogens is 2. The smallest absolute Gasteiger partial charge is 0.251 e. The largest absolute Gasteiger partial charge is 0.349 e. The Morgan fingerprint density at radius 2 is 1.69 bits per heavy atom. The van der Waals surface area contributed by atoms with Gasteiger partial charge in [-0.1, -0.05) is 36.0 Å². The second-order valence-electron chi connectivity index (χ2n) is 4.11. The van der Waals surface area contributed by atoms with Gasteiger partial charge in [-0.25, -0.2) is 0 Å². The number of benzene rings is 1. The maximum atomic E-state index is 11.9. The molecule has 0 bridgehead atoms. The molecule has 0 heterocycles. The first-order valence-corrected chi connectivity index (χ1v) is 6.18. The molecule has 16 heavy (non-hydrogen) atoms. The summed E-state index contributed by atoms with van der Waals surface area (Å²) in [6.45, 7) is 0. The molecule has 0 saturated heterocycles. The summed E-state index contributed by atoms with van der Waals surface area (Å²) in [7, 11) is 0. The molecule has 2 rings (SSSR count). The van der Waals surface area contributed by atoms with Crippen LogP contribution in [0.1, 0.15) is 36.0 Å². The van der Waals surface area contributed by atoms with Crippen molar-refractivity contribution in [3.8, 4) is 0 Å². The monoisotopic (exact) mass is 257 g/mol. The Hall–Kier alpha value is -0.730. The molecule has 0 aromatic heterocycles.